The van der Waals surface area contributed by atoms with Gasteiger partial charge in [-0.1, -0.05) is 37.8 Å². The lowest BCUT2D eigenvalue weighted by atomic mass is 10.0. The molecule has 3 N–H and O–H groups in total. The second kappa shape index (κ2) is 10.1. The zero-order valence-electron chi connectivity index (χ0n) is 17.4. The molecule has 0 bridgehead atoms. The van der Waals surface area contributed by atoms with Crippen molar-refractivity contribution in [3.05, 3.63) is 59.4 Å². The fraction of sp³-hybridized carbons (Fsp3) is 0.333. The van der Waals surface area contributed by atoms with Crippen LogP contribution in [0.25, 0.3) is 11.0 Å². The van der Waals surface area contributed by atoms with Gasteiger partial charge >= 0.3 is 0 Å². The number of phenols is 1. The molecule has 0 saturated heterocycles. The molecule has 2 aromatic carbocycles. The summed E-state index contributed by atoms with van der Waals surface area (Å²) in [7, 11) is 0. The van der Waals surface area contributed by atoms with Gasteiger partial charge < -0.3 is 20.1 Å². The fourth-order valence-electron chi connectivity index (χ4n) is 3.31. The molecule has 6 nitrogen and oxygen atoms in total. The number of aliphatic hydroxyl groups is 1. The van der Waals surface area contributed by atoms with Crippen molar-refractivity contribution in [2.75, 3.05) is 19.6 Å². The second-order valence-corrected chi connectivity index (χ2v) is 7.19. The molecule has 0 aliphatic carbocycles. The van der Waals surface area contributed by atoms with Gasteiger partial charge in [0.15, 0.2) is 5.78 Å². The predicted octanol–water partition coefficient (Wildman–Crippen LogP) is 3.33. The number of phenolic OH excluding ortho intramolecular Hbond substituents is 1. The van der Waals surface area contributed by atoms with Crippen LogP contribution in [0, 0.1) is 11.8 Å². The summed E-state index contributed by atoms with van der Waals surface area (Å²) in [6.07, 6.45) is 1.82. The maximum atomic E-state index is 12.4. The molecule has 0 aliphatic rings. The van der Waals surface area contributed by atoms with Gasteiger partial charge in [0.2, 0.25) is 0 Å². The van der Waals surface area contributed by atoms with E-state index in [1.54, 1.807) is 42.7 Å². The molecule has 0 spiro atoms. The second-order valence-electron chi connectivity index (χ2n) is 7.19. The SMILES string of the molecule is CCN(CC)CC(O)CCC(=O)c1ccc(C#Cc2c(O)ccc3[nH]cnc23)cc1. The average Bonchev–Trinajstić information content (AvgIpc) is 3.24. The Labute approximate surface area is 176 Å². The van der Waals surface area contributed by atoms with Crippen LogP contribution in [0.15, 0.2) is 42.7 Å². The minimum atomic E-state index is -0.503. The Kier molecular flexibility index (Phi) is 7.23. The van der Waals surface area contributed by atoms with Crippen LogP contribution < -0.4 is 0 Å². The number of hydrogen-bond acceptors (Lipinski definition) is 5. The van der Waals surface area contributed by atoms with Crippen LogP contribution >= 0.6 is 0 Å². The van der Waals surface area contributed by atoms with E-state index in [0.29, 0.717) is 36.0 Å². The molecular formula is C24H27N3O3. The summed E-state index contributed by atoms with van der Waals surface area (Å²) in [6, 6.07) is 10.4. The number of imidazole rings is 1. The Morgan fingerprint density at radius 3 is 2.57 bits per heavy atom. The van der Waals surface area contributed by atoms with E-state index in [-0.39, 0.29) is 11.5 Å². The molecule has 0 fully saturated rings. The number of aromatic amines is 1. The van der Waals surface area contributed by atoms with Gasteiger partial charge in [-0.3, -0.25) is 4.79 Å². The summed E-state index contributed by atoms with van der Waals surface area (Å²) in [5, 5.41) is 20.2. The quantitative estimate of drug-likeness (QED) is 0.395. The van der Waals surface area contributed by atoms with Crippen LogP contribution in [0.5, 0.6) is 5.75 Å². The number of H-pyrrole nitrogens is 1. The number of benzene rings is 2. The van der Waals surface area contributed by atoms with Gasteiger partial charge in [-0.05, 0) is 43.8 Å². The largest absolute Gasteiger partial charge is 0.507 e. The molecule has 1 aromatic heterocycles. The zero-order valence-corrected chi connectivity index (χ0v) is 17.4. The molecule has 0 radical (unpaired) electrons. The Bertz CT molecular complexity index is 1060. The summed E-state index contributed by atoms with van der Waals surface area (Å²) in [6.45, 7) is 6.47. The number of fused-ring (bicyclic) bond motifs is 1. The molecule has 1 unspecified atom stereocenters. The van der Waals surface area contributed by atoms with Gasteiger partial charge in [-0.25, -0.2) is 4.98 Å². The maximum Gasteiger partial charge on any atom is 0.162 e. The Morgan fingerprint density at radius 2 is 1.87 bits per heavy atom. The molecule has 0 amide bonds. The lowest BCUT2D eigenvalue weighted by Crippen LogP contribution is -2.32. The zero-order chi connectivity index (χ0) is 21.5. The van der Waals surface area contributed by atoms with Crippen molar-refractivity contribution >= 4 is 16.8 Å². The monoisotopic (exact) mass is 405 g/mol. The Morgan fingerprint density at radius 1 is 1.13 bits per heavy atom. The number of carbonyl (C=O) groups excluding carboxylic acids is 1. The van der Waals surface area contributed by atoms with E-state index in [1.165, 1.54) is 0 Å². The van der Waals surface area contributed by atoms with Crippen molar-refractivity contribution in [3.63, 3.8) is 0 Å². The first kappa shape index (κ1) is 21.6. The van der Waals surface area contributed by atoms with Gasteiger partial charge in [0.1, 0.15) is 11.3 Å². The number of rotatable bonds is 8. The van der Waals surface area contributed by atoms with Gasteiger partial charge in [-0.15, -0.1) is 0 Å². The normalized spacial score (nSPS) is 12.0. The third-order valence-corrected chi connectivity index (χ3v) is 5.18. The molecular weight excluding hydrogens is 378 g/mol. The average molecular weight is 405 g/mol. The molecule has 1 heterocycles. The van der Waals surface area contributed by atoms with E-state index in [0.717, 1.165) is 24.2 Å². The predicted molar refractivity (Wildman–Crippen MR) is 118 cm³/mol. The Balaban J connectivity index is 1.63. The van der Waals surface area contributed by atoms with Gasteiger partial charge in [0, 0.05) is 24.1 Å². The van der Waals surface area contributed by atoms with E-state index in [9.17, 15) is 15.0 Å². The summed E-state index contributed by atoms with van der Waals surface area (Å²) in [5.41, 5.74) is 3.24. The van der Waals surface area contributed by atoms with E-state index in [1.807, 2.05) is 0 Å². The molecule has 3 aromatic rings. The lowest BCUT2D eigenvalue weighted by Gasteiger charge is -2.21. The number of ketones is 1. The van der Waals surface area contributed by atoms with E-state index in [4.69, 9.17) is 0 Å². The topological polar surface area (TPSA) is 89.5 Å². The van der Waals surface area contributed by atoms with E-state index in [2.05, 4.69) is 40.6 Å². The number of nitrogens with zero attached hydrogens (tertiary/aromatic N) is 2. The number of aromatic nitrogens is 2. The molecule has 0 saturated carbocycles. The van der Waals surface area contributed by atoms with Crippen molar-refractivity contribution in [1.29, 1.82) is 0 Å². The number of carbonyl (C=O) groups is 1. The maximum absolute atomic E-state index is 12.4. The lowest BCUT2D eigenvalue weighted by molar-refractivity contribution is 0.0877. The van der Waals surface area contributed by atoms with Crippen LogP contribution in [-0.2, 0) is 0 Å². The van der Waals surface area contributed by atoms with Crippen LogP contribution in [0.2, 0.25) is 0 Å². The van der Waals surface area contributed by atoms with Crippen LogP contribution in [-0.4, -0.2) is 56.6 Å². The summed E-state index contributed by atoms with van der Waals surface area (Å²) in [4.78, 5) is 21.8. The highest BCUT2D eigenvalue weighted by molar-refractivity contribution is 5.96. The van der Waals surface area contributed by atoms with Crippen molar-refractivity contribution in [1.82, 2.24) is 14.9 Å². The number of aliphatic hydroxyl groups excluding tert-OH is 1. The number of aromatic hydroxyl groups is 1. The van der Waals surface area contributed by atoms with Gasteiger partial charge in [0.05, 0.1) is 23.5 Å². The van der Waals surface area contributed by atoms with Crippen LogP contribution in [0.4, 0.5) is 0 Å². The molecule has 156 valence electrons. The highest BCUT2D eigenvalue weighted by atomic mass is 16.3. The van der Waals surface area contributed by atoms with Crippen molar-refractivity contribution in [2.45, 2.75) is 32.8 Å². The molecule has 3 rings (SSSR count). The van der Waals surface area contributed by atoms with Crippen molar-refractivity contribution < 1.29 is 15.0 Å². The number of likely N-dealkylation sites (N-methyl/N-ethyl adjacent to an activating group) is 1. The first-order valence-corrected chi connectivity index (χ1v) is 10.2. The highest BCUT2D eigenvalue weighted by Gasteiger charge is 2.13. The Hall–Kier alpha value is -3.14. The first-order valence-electron chi connectivity index (χ1n) is 10.2. The van der Waals surface area contributed by atoms with Gasteiger partial charge in [-0.2, -0.15) is 0 Å². The van der Waals surface area contributed by atoms with Gasteiger partial charge in [0.25, 0.3) is 0 Å². The van der Waals surface area contributed by atoms with Crippen LogP contribution in [0.3, 0.4) is 0 Å². The summed E-state index contributed by atoms with van der Waals surface area (Å²) in [5.74, 6) is 6.07. The molecule has 1 atom stereocenters. The van der Waals surface area contributed by atoms with E-state index >= 15 is 0 Å². The third kappa shape index (κ3) is 5.26. The minimum Gasteiger partial charge on any atom is -0.507 e. The number of Topliss-reactive ketones (excluding diaryl/α,β-unsaturated/α-hetero) is 1. The smallest absolute Gasteiger partial charge is 0.162 e. The number of nitrogens with one attached hydrogen (secondary N) is 1. The molecule has 30 heavy (non-hydrogen) atoms. The van der Waals surface area contributed by atoms with Crippen LogP contribution in [0.1, 0.15) is 48.2 Å². The minimum absolute atomic E-state index is 0.00652. The van der Waals surface area contributed by atoms with E-state index < -0.39 is 6.10 Å². The molecule has 0 aliphatic heterocycles. The number of hydrogen-bond donors (Lipinski definition) is 3. The fourth-order valence-corrected chi connectivity index (χ4v) is 3.31. The summed E-state index contributed by atoms with van der Waals surface area (Å²) < 4.78 is 0. The van der Waals surface area contributed by atoms with Crippen molar-refractivity contribution in [2.24, 2.45) is 0 Å². The van der Waals surface area contributed by atoms with Crippen molar-refractivity contribution in [3.8, 4) is 17.6 Å². The third-order valence-electron chi connectivity index (χ3n) is 5.18. The highest BCUT2D eigenvalue weighted by Crippen LogP contribution is 2.23. The standard InChI is InChI=1S/C24H27N3O3/c1-3-27(4-2)15-19(28)10-13-22(29)18-8-5-17(6-9-18)7-11-20-23(30)14-12-21-24(20)26-16-25-21/h5-6,8-9,12,14,16,19,28,30H,3-4,10,13,15H2,1-2H3,(H,25,26). The summed E-state index contributed by atoms with van der Waals surface area (Å²) >= 11 is 0. The molecule has 6 heteroatoms. The first-order chi connectivity index (χ1) is 14.5.